The third kappa shape index (κ3) is 1.76. The summed E-state index contributed by atoms with van der Waals surface area (Å²) >= 11 is 3.95. The number of thiol groups is 1. The fraction of sp³-hybridized carbons (Fsp3) is 0.250. The van der Waals surface area contributed by atoms with E-state index in [1.807, 2.05) is 0 Å². The lowest BCUT2D eigenvalue weighted by molar-refractivity contribution is 0.557. The molecule has 0 aromatic carbocycles. The average Bonchev–Trinajstić information content (AvgIpc) is 2.14. The van der Waals surface area contributed by atoms with Crippen LogP contribution in [0.1, 0.15) is 5.69 Å². The van der Waals surface area contributed by atoms with Crippen molar-refractivity contribution in [2.24, 2.45) is 0 Å². The fourth-order valence-electron chi connectivity index (χ4n) is 0.316. The highest BCUT2D eigenvalue weighted by Crippen LogP contribution is 1.96. The van der Waals surface area contributed by atoms with Crippen LogP contribution in [0.15, 0.2) is 17.1 Å². The summed E-state index contributed by atoms with van der Waals surface area (Å²) in [6, 6.07) is 0. The molecule has 1 aromatic heterocycles. The van der Waals surface area contributed by atoms with Gasteiger partial charge in [-0.25, -0.2) is 4.98 Å². The Morgan fingerprint density at radius 3 is 2.75 bits per heavy atom. The molecule has 0 radical (unpaired) electrons. The van der Waals surface area contributed by atoms with Crippen molar-refractivity contribution in [2.45, 2.75) is 5.75 Å². The predicted octanol–water partition coefficient (Wildman–Crippen LogP) is 1.53. The molecule has 0 bridgehead atoms. The highest BCUT2D eigenvalue weighted by atomic mass is 35.5. The molecular formula is C4H6ClNOS. The Labute approximate surface area is 59.1 Å². The summed E-state index contributed by atoms with van der Waals surface area (Å²) < 4.78 is 4.65. The molecule has 0 unspecified atom stereocenters. The second kappa shape index (κ2) is 3.80. The zero-order chi connectivity index (χ0) is 5.11. The van der Waals surface area contributed by atoms with E-state index < -0.39 is 0 Å². The zero-order valence-corrected chi connectivity index (χ0v) is 5.78. The van der Waals surface area contributed by atoms with Gasteiger partial charge in [-0.15, -0.1) is 12.4 Å². The Morgan fingerprint density at radius 1 is 1.75 bits per heavy atom. The van der Waals surface area contributed by atoms with Gasteiger partial charge in [0.1, 0.15) is 6.26 Å². The first-order valence-electron chi connectivity index (χ1n) is 1.91. The van der Waals surface area contributed by atoms with Crippen LogP contribution in [0.2, 0.25) is 0 Å². The molecule has 1 rings (SSSR count). The number of hydrogen-bond donors (Lipinski definition) is 1. The van der Waals surface area contributed by atoms with Crippen molar-refractivity contribution < 1.29 is 4.42 Å². The van der Waals surface area contributed by atoms with Crippen LogP contribution in [0.4, 0.5) is 0 Å². The molecule has 0 aliphatic carbocycles. The number of aromatic nitrogens is 1. The van der Waals surface area contributed by atoms with Gasteiger partial charge in [0.25, 0.3) is 0 Å². The minimum absolute atomic E-state index is 0. The molecule has 1 heterocycles. The van der Waals surface area contributed by atoms with E-state index in [2.05, 4.69) is 22.0 Å². The molecule has 0 amide bonds. The Balaban J connectivity index is 0.000000490. The zero-order valence-electron chi connectivity index (χ0n) is 4.07. The second-order valence-corrected chi connectivity index (χ2v) is 1.45. The number of nitrogens with zero attached hydrogens (tertiary/aromatic N) is 1. The van der Waals surface area contributed by atoms with Crippen molar-refractivity contribution in [1.82, 2.24) is 4.98 Å². The minimum Gasteiger partial charge on any atom is -0.451 e. The van der Waals surface area contributed by atoms with Gasteiger partial charge in [0.15, 0.2) is 6.39 Å². The Bertz CT molecular complexity index is 131. The maximum atomic E-state index is 4.65. The van der Waals surface area contributed by atoms with Gasteiger partial charge in [0.05, 0.1) is 5.69 Å². The standard InChI is InChI=1S/C4H5NOS.ClH/c7-2-4-1-6-3-5-4;/h1,3,7H,2H2;1H. The molecule has 0 atom stereocenters. The Morgan fingerprint density at radius 2 is 2.50 bits per heavy atom. The minimum atomic E-state index is 0. The van der Waals surface area contributed by atoms with Gasteiger partial charge in [0, 0.05) is 5.75 Å². The van der Waals surface area contributed by atoms with E-state index in [1.165, 1.54) is 6.39 Å². The third-order valence-electron chi connectivity index (χ3n) is 0.645. The summed E-state index contributed by atoms with van der Waals surface area (Å²) in [5.74, 6) is 0.649. The van der Waals surface area contributed by atoms with E-state index in [9.17, 15) is 0 Å². The van der Waals surface area contributed by atoms with Crippen molar-refractivity contribution in [3.63, 3.8) is 0 Å². The van der Waals surface area contributed by atoms with Crippen molar-refractivity contribution in [3.05, 3.63) is 18.4 Å². The molecule has 0 aliphatic rings. The summed E-state index contributed by atoms with van der Waals surface area (Å²) in [6.45, 7) is 0. The molecular weight excluding hydrogens is 146 g/mol. The Hall–Kier alpha value is -0.150. The van der Waals surface area contributed by atoms with Crippen molar-refractivity contribution in [3.8, 4) is 0 Å². The maximum Gasteiger partial charge on any atom is 0.180 e. The molecule has 2 nitrogen and oxygen atoms in total. The van der Waals surface area contributed by atoms with Crippen LogP contribution in [0.5, 0.6) is 0 Å². The maximum absolute atomic E-state index is 4.65. The van der Waals surface area contributed by atoms with Gasteiger partial charge in [-0.2, -0.15) is 12.6 Å². The van der Waals surface area contributed by atoms with Crippen LogP contribution in [-0.4, -0.2) is 4.98 Å². The highest BCUT2D eigenvalue weighted by molar-refractivity contribution is 7.79. The van der Waals surface area contributed by atoms with E-state index in [4.69, 9.17) is 0 Å². The SMILES string of the molecule is Cl.SCc1cocn1. The van der Waals surface area contributed by atoms with Gasteiger partial charge in [0.2, 0.25) is 0 Å². The van der Waals surface area contributed by atoms with E-state index in [-0.39, 0.29) is 12.4 Å². The van der Waals surface area contributed by atoms with Crippen LogP contribution in [-0.2, 0) is 5.75 Å². The molecule has 0 saturated heterocycles. The smallest absolute Gasteiger partial charge is 0.180 e. The predicted molar refractivity (Wildman–Crippen MR) is 36.4 cm³/mol. The molecule has 0 saturated carbocycles. The number of halogens is 1. The number of oxazole rings is 1. The first-order valence-corrected chi connectivity index (χ1v) is 2.54. The van der Waals surface area contributed by atoms with Gasteiger partial charge in [-0.1, -0.05) is 0 Å². The summed E-state index contributed by atoms with van der Waals surface area (Å²) in [6.07, 6.45) is 2.97. The van der Waals surface area contributed by atoms with Crippen LogP contribution in [0.3, 0.4) is 0 Å². The molecule has 0 aliphatic heterocycles. The van der Waals surface area contributed by atoms with Crippen molar-refractivity contribution in [2.75, 3.05) is 0 Å². The summed E-state index contributed by atoms with van der Waals surface area (Å²) in [7, 11) is 0. The third-order valence-corrected chi connectivity index (χ3v) is 0.969. The number of hydrogen-bond acceptors (Lipinski definition) is 3. The molecule has 0 N–H and O–H groups in total. The molecule has 0 spiro atoms. The summed E-state index contributed by atoms with van der Waals surface area (Å²) in [4.78, 5) is 3.79. The molecule has 8 heavy (non-hydrogen) atoms. The van der Waals surface area contributed by atoms with Crippen LogP contribution in [0, 0.1) is 0 Å². The monoisotopic (exact) mass is 151 g/mol. The van der Waals surface area contributed by atoms with Gasteiger partial charge in [-0.3, -0.25) is 0 Å². The van der Waals surface area contributed by atoms with Gasteiger partial charge < -0.3 is 4.42 Å². The first-order chi connectivity index (χ1) is 3.43. The quantitative estimate of drug-likeness (QED) is 0.616. The lowest BCUT2D eigenvalue weighted by atomic mass is 10.6. The molecule has 0 fully saturated rings. The van der Waals surface area contributed by atoms with Crippen molar-refractivity contribution >= 4 is 25.0 Å². The number of rotatable bonds is 1. The lowest BCUT2D eigenvalue weighted by Crippen LogP contribution is -1.70. The fourth-order valence-corrected chi connectivity index (χ4v) is 0.472. The summed E-state index contributed by atoms with van der Waals surface area (Å²) in [5, 5.41) is 0. The lowest BCUT2D eigenvalue weighted by Gasteiger charge is -1.74. The van der Waals surface area contributed by atoms with Crippen molar-refractivity contribution in [1.29, 1.82) is 0 Å². The first kappa shape index (κ1) is 7.85. The van der Waals surface area contributed by atoms with E-state index in [0.29, 0.717) is 5.75 Å². The highest BCUT2D eigenvalue weighted by Gasteiger charge is 1.86. The van der Waals surface area contributed by atoms with Gasteiger partial charge >= 0.3 is 0 Å². The summed E-state index contributed by atoms with van der Waals surface area (Å²) in [5.41, 5.74) is 0.878. The van der Waals surface area contributed by atoms with Gasteiger partial charge in [-0.05, 0) is 0 Å². The van der Waals surface area contributed by atoms with Crippen LogP contribution < -0.4 is 0 Å². The topological polar surface area (TPSA) is 26.0 Å². The second-order valence-electron chi connectivity index (χ2n) is 1.14. The molecule has 4 heteroatoms. The molecule has 46 valence electrons. The Kier molecular flexibility index (Phi) is 3.73. The average molecular weight is 152 g/mol. The van der Waals surface area contributed by atoms with E-state index >= 15 is 0 Å². The van der Waals surface area contributed by atoms with E-state index in [1.54, 1.807) is 6.26 Å². The normalized spacial score (nSPS) is 8.12. The van der Waals surface area contributed by atoms with Crippen LogP contribution in [0.25, 0.3) is 0 Å². The molecule has 1 aromatic rings. The van der Waals surface area contributed by atoms with E-state index in [0.717, 1.165) is 5.69 Å². The van der Waals surface area contributed by atoms with Crippen LogP contribution >= 0.6 is 25.0 Å². The largest absolute Gasteiger partial charge is 0.451 e.